The standard InChI is InChI=1S/C7H12N4O/c1-6(10-12)7(2,3)11-5-8-4-9-11/h4-5,12H,1-3H3/b10-6+. The van der Waals surface area contributed by atoms with Gasteiger partial charge in [0.05, 0.1) is 11.3 Å². The van der Waals surface area contributed by atoms with Gasteiger partial charge in [-0.3, -0.25) is 0 Å². The van der Waals surface area contributed by atoms with E-state index in [-0.39, 0.29) is 0 Å². The van der Waals surface area contributed by atoms with Gasteiger partial charge in [0.15, 0.2) is 0 Å². The molecule has 0 aliphatic rings. The minimum atomic E-state index is -0.425. The van der Waals surface area contributed by atoms with Crippen molar-refractivity contribution in [1.29, 1.82) is 0 Å². The Kier molecular flexibility index (Phi) is 2.12. The number of aromatic nitrogens is 3. The molecule has 0 radical (unpaired) electrons. The van der Waals surface area contributed by atoms with Crippen LogP contribution in [0.2, 0.25) is 0 Å². The molecule has 0 atom stereocenters. The van der Waals surface area contributed by atoms with Crippen LogP contribution in [0.5, 0.6) is 0 Å². The molecule has 12 heavy (non-hydrogen) atoms. The zero-order valence-electron chi connectivity index (χ0n) is 7.39. The Morgan fingerprint density at radius 2 is 2.25 bits per heavy atom. The second kappa shape index (κ2) is 2.92. The quantitative estimate of drug-likeness (QED) is 0.404. The van der Waals surface area contributed by atoms with Crippen molar-refractivity contribution in [3.8, 4) is 0 Å². The van der Waals surface area contributed by atoms with Crippen molar-refractivity contribution >= 4 is 5.71 Å². The van der Waals surface area contributed by atoms with Crippen LogP contribution >= 0.6 is 0 Å². The van der Waals surface area contributed by atoms with Gasteiger partial charge in [0.25, 0.3) is 0 Å². The van der Waals surface area contributed by atoms with Crippen LogP contribution in [0.4, 0.5) is 0 Å². The van der Waals surface area contributed by atoms with Gasteiger partial charge in [-0.05, 0) is 20.8 Å². The summed E-state index contributed by atoms with van der Waals surface area (Å²) in [5, 5.41) is 15.7. The molecule has 0 unspecified atom stereocenters. The van der Waals surface area contributed by atoms with E-state index in [1.54, 1.807) is 17.9 Å². The van der Waals surface area contributed by atoms with E-state index in [9.17, 15) is 0 Å². The first kappa shape index (κ1) is 8.70. The normalized spacial score (nSPS) is 13.4. The van der Waals surface area contributed by atoms with Crippen molar-refractivity contribution in [3.63, 3.8) is 0 Å². The highest BCUT2D eigenvalue weighted by atomic mass is 16.4. The van der Waals surface area contributed by atoms with Gasteiger partial charge in [-0.2, -0.15) is 5.10 Å². The summed E-state index contributed by atoms with van der Waals surface area (Å²) in [5.74, 6) is 0. The number of rotatable bonds is 2. The monoisotopic (exact) mass is 168 g/mol. The lowest BCUT2D eigenvalue weighted by Crippen LogP contribution is -2.34. The third kappa shape index (κ3) is 1.30. The maximum absolute atomic E-state index is 8.60. The molecule has 5 heteroatoms. The average Bonchev–Trinajstić information content (AvgIpc) is 2.55. The fraction of sp³-hybridized carbons (Fsp3) is 0.571. The van der Waals surface area contributed by atoms with Gasteiger partial charge in [-0.1, -0.05) is 5.16 Å². The molecule has 0 spiro atoms. The van der Waals surface area contributed by atoms with E-state index in [4.69, 9.17) is 5.21 Å². The Balaban J connectivity index is 3.02. The molecule has 0 saturated carbocycles. The van der Waals surface area contributed by atoms with Crippen LogP contribution in [0.1, 0.15) is 20.8 Å². The lowest BCUT2D eigenvalue weighted by molar-refractivity contribution is 0.305. The van der Waals surface area contributed by atoms with Gasteiger partial charge in [0.1, 0.15) is 12.7 Å². The molecule has 66 valence electrons. The van der Waals surface area contributed by atoms with Crippen molar-refractivity contribution in [1.82, 2.24) is 14.8 Å². The van der Waals surface area contributed by atoms with Gasteiger partial charge >= 0.3 is 0 Å². The fourth-order valence-electron chi connectivity index (χ4n) is 0.785. The number of oxime groups is 1. The first-order valence-corrected chi connectivity index (χ1v) is 3.63. The predicted octanol–water partition coefficient (Wildman–Crippen LogP) is 0.863. The smallest absolute Gasteiger partial charge is 0.137 e. The Morgan fingerprint density at radius 1 is 1.58 bits per heavy atom. The highest BCUT2D eigenvalue weighted by Crippen LogP contribution is 2.14. The summed E-state index contributed by atoms with van der Waals surface area (Å²) < 4.78 is 1.64. The van der Waals surface area contributed by atoms with Crippen LogP contribution < -0.4 is 0 Å². The maximum atomic E-state index is 8.60. The van der Waals surface area contributed by atoms with E-state index in [1.807, 2.05) is 13.8 Å². The van der Waals surface area contributed by atoms with Crippen molar-refractivity contribution < 1.29 is 5.21 Å². The molecule has 1 rings (SSSR count). The number of hydrogen-bond donors (Lipinski definition) is 1. The van der Waals surface area contributed by atoms with Crippen molar-refractivity contribution in [2.45, 2.75) is 26.3 Å². The highest BCUT2D eigenvalue weighted by Gasteiger charge is 2.24. The molecule has 1 aromatic heterocycles. The van der Waals surface area contributed by atoms with Crippen LogP contribution in [-0.4, -0.2) is 25.7 Å². The summed E-state index contributed by atoms with van der Waals surface area (Å²) >= 11 is 0. The van der Waals surface area contributed by atoms with E-state index in [0.29, 0.717) is 5.71 Å². The van der Waals surface area contributed by atoms with Crippen LogP contribution in [-0.2, 0) is 5.54 Å². The second-order valence-corrected chi connectivity index (χ2v) is 3.08. The Bertz CT molecular complexity index is 276. The molecule has 0 fully saturated rings. The summed E-state index contributed by atoms with van der Waals surface area (Å²) in [6.07, 6.45) is 3.04. The number of nitrogens with zero attached hydrogens (tertiary/aromatic N) is 4. The van der Waals surface area contributed by atoms with Gasteiger partial charge in [-0.15, -0.1) is 0 Å². The first-order chi connectivity index (χ1) is 5.59. The van der Waals surface area contributed by atoms with E-state index < -0.39 is 5.54 Å². The zero-order chi connectivity index (χ0) is 9.19. The van der Waals surface area contributed by atoms with Crippen LogP contribution in [0, 0.1) is 0 Å². The van der Waals surface area contributed by atoms with Crippen LogP contribution in [0.15, 0.2) is 17.8 Å². The Labute approximate surface area is 70.7 Å². The summed E-state index contributed by atoms with van der Waals surface area (Å²) in [7, 11) is 0. The second-order valence-electron chi connectivity index (χ2n) is 3.08. The van der Waals surface area contributed by atoms with E-state index >= 15 is 0 Å². The zero-order valence-corrected chi connectivity index (χ0v) is 7.39. The van der Waals surface area contributed by atoms with E-state index in [2.05, 4.69) is 15.2 Å². The summed E-state index contributed by atoms with van der Waals surface area (Å²) in [5.41, 5.74) is 0.165. The molecule has 1 aromatic rings. The molecule has 0 saturated heterocycles. The molecule has 0 amide bonds. The molecule has 5 nitrogen and oxygen atoms in total. The van der Waals surface area contributed by atoms with Gasteiger partial charge in [-0.25, -0.2) is 9.67 Å². The van der Waals surface area contributed by atoms with E-state index in [0.717, 1.165) is 0 Å². The molecule has 0 bridgehead atoms. The van der Waals surface area contributed by atoms with E-state index in [1.165, 1.54) is 6.33 Å². The third-order valence-corrected chi connectivity index (χ3v) is 2.03. The molecular formula is C7H12N4O. The van der Waals surface area contributed by atoms with Gasteiger partial charge in [0, 0.05) is 0 Å². The first-order valence-electron chi connectivity index (χ1n) is 3.63. The topological polar surface area (TPSA) is 63.3 Å². The molecule has 0 aliphatic heterocycles. The molecule has 0 aromatic carbocycles. The van der Waals surface area contributed by atoms with Crippen molar-refractivity contribution in [3.05, 3.63) is 12.7 Å². The minimum Gasteiger partial charge on any atom is -0.411 e. The molecule has 0 aliphatic carbocycles. The number of hydrogen-bond acceptors (Lipinski definition) is 4. The average molecular weight is 168 g/mol. The van der Waals surface area contributed by atoms with Crippen molar-refractivity contribution in [2.24, 2.45) is 5.16 Å². The van der Waals surface area contributed by atoms with Crippen LogP contribution in [0.3, 0.4) is 0 Å². The fourth-order valence-corrected chi connectivity index (χ4v) is 0.785. The van der Waals surface area contributed by atoms with Crippen molar-refractivity contribution in [2.75, 3.05) is 0 Å². The summed E-state index contributed by atoms with van der Waals surface area (Å²) in [6, 6.07) is 0. The minimum absolute atomic E-state index is 0.425. The van der Waals surface area contributed by atoms with Gasteiger partial charge < -0.3 is 5.21 Å². The third-order valence-electron chi connectivity index (χ3n) is 2.03. The SMILES string of the molecule is C/C(=N\O)C(C)(C)n1cncn1. The lowest BCUT2D eigenvalue weighted by Gasteiger charge is -2.23. The van der Waals surface area contributed by atoms with Gasteiger partial charge in [0.2, 0.25) is 0 Å². The summed E-state index contributed by atoms with van der Waals surface area (Å²) in [6.45, 7) is 5.54. The molecule has 1 N–H and O–H groups in total. The van der Waals surface area contributed by atoms with Crippen LogP contribution in [0.25, 0.3) is 0 Å². The Morgan fingerprint density at radius 3 is 2.67 bits per heavy atom. The highest BCUT2D eigenvalue weighted by molar-refractivity contribution is 5.88. The molecular weight excluding hydrogens is 156 g/mol. The lowest BCUT2D eigenvalue weighted by atomic mass is 10.0. The maximum Gasteiger partial charge on any atom is 0.137 e. The predicted molar refractivity (Wildman–Crippen MR) is 44.2 cm³/mol. The molecule has 1 heterocycles. The summed E-state index contributed by atoms with van der Waals surface area (Å²) in [4.78, 5) is 3.82. The Hall–Kier alpha value is -1.39. The largest absolute Gasteiger partial charge is 0.411 e.